The lowest BCUT2D eigenvalue weighted by molar-refractivity contribution is -0.120. The van der Waals surface area contributed by atoms with E-state index in [0.717, 1.165) is 80.7 Å². The Morgan fingerprint density at radius 3 is 2.81 bits per heavy atom. The molecule has 1 aromatic carbocycles. The molecule has 2 saturated heterocycles. The van der Waals surface area contributed by atoms with Crippen LogP contribution in [0.2, 0.25) is 0 Å². The van der Waals surface area contributed by atoms with Gasteiger partial charge in [-0.2, -0.15) is 0 Å². The largest absolute Gasteiger partial charge is 0.378 e. The lowest BCUT2D eigenvalue weighted by Gasteiger charge is -2.26. The Hall–Kier alpha value is -1.96. The minimum Gasteiger partial charge on any atom is -0.378 e. The number of benzene rings is 1. The van der Waals surface area contributed by atoms with E-state index in [2.05, 4.69) is 20.9 Å². The van der Waals surface area contributed by atoms with Gasteiger partial charge in [-0.25, -0.2) is 4.98 Å². The first-order valence-electron chi connectivity index (χ1n) is 9.70. The van der Waals surface area contributed by atoms with Gasteiger partial charge in [0.1, 0.15) is 0 Å². The van der Waals surface area contributed by atoms with Crippen LogP contribution in [0.4, 0.5) is 10.8 Å². The van der Waals surface area contributed by atoms with Crippen molar-refractivity contribution in [2.75, 3.05) is 49.6 Å². The Labute approximate surface area is 163 Å². The van der Waals surface area contributed by atoms with Crippen molar-refractivity contribution >= 4 is 28.1 Å². The third kappa shape index (κ3) is 4.66. The molecular formula is C20H26N4O2S. The number of nitrogens with one attached hydrogen (secondary N) is 2. The number of rotatable bonds is 4. The third-order valence-electron chi connectivity index (χ3n) is 5.17. The van der Waals surface area contributed by atoms with E-state index in [1.54, 1.807) is 11.3 Å². The fourth-order valence-corrected chi connectivity index (χ4v) is 4.44. The monoisotopic (exact) mass is 386 g/mol. The number of aromatic nitrogens is 1. The van der Waals surface area contributed by atoms with E-state index >= 15 is 0 Å². The predicted octanol–water partition coefficient (Wildman–Crippen LogP) is 2.97. The van der Waals surface area contributed by atoms with Crippen molar-refractivity contribution in [1.29, 1.82) is 0 Å². The molecule has 7 heteroatoms. The van der Waals surface area contributed by atoms with Crippen molar-refractivity contribution in [2.45, 2.75) is 19.3 Å². The number of anilines is 2. The number of hydrogen-bond acceptors (Lipinski definition) is 6. The van der Waals surface area contributed by atoms with Crippen LogP contribution in [0.15, 0.2) is 29.6 Å². The van der Waals surface area contributed by atoms with Crippen molar-refractivity contribution < 1.29 is 9.53 Å². The maximum absolute atomic E-state index is 12.5. The van der Waals surface area contributed by atoms with Gasteiger partial charge < -0.3 is 20.3 Å². The van der Waals surface area contributed by atoms with E-state index in [1.807, 2.05) is 24.3 Å². The standard InChI is InChI=1S/C20H26N4O2S/c25-19(16-2-1-8-21-9-7-16)22-17-5-3-15(4-6-17)18-14-27-20(23-18)24-10-12-26-13-11-24/h3-6,14,16,21H,1-2,7-13H2,(H,22,25). The maximum Gasteiger partial charge on any atom is 0.227 e. The zero-order valence-electron chi connectivity index (χ0n) is 15.4. The molecule has 27 heavy (non-hydrogen) atoms. The van der Waals surface area contributed by atoms with Crippen molar-refractivity contribution in [3.8, 4) is 11.3 Å². The van der Waals surface area contributed by atoms with Crippen molar-refractivity contribution in [3.63, 3.8) is 0 Å². The SMILES string of the molecule is O=C(Nc1ccc(-c2csc(N3CCOCC3)n2)cc1)C1CCCNCC1. The van der Waals surface area contributed by atoms with Gasteiger partial charge in [0.15, 0.2) is 5.13 Å². The first-order chi connectivity index (χ1) is 13.3. The van der Waals surface area contributed by atoms with Gasteiger partial charge in [-0.3, -0.25) is 4.79 Å². The summed E-state index contributed by atoms with van der Waals surface area (Å²) in [6.07, 6.45) is 2.93. The quantitative estimate of drug-likeness (QED) is 0.846. The summed E-state index contributed by atoms with van der Waals surface area (Å²) in [7, 11) is 0. The highest BCUT2D eigenvalue weighted by molar-refractivity contribution is 7.14. The smallest absolute Gasteiger partial charge is 0.227 e. The second-order valence-corrected chi connectivity index (χ2v) is 7.90. The molecule has 2 aliphatic rings. The Bertz CT molecular complexity index is 748. The Morgan fingerprint density at radius 1 is 1.19 bits per heavy atom. The topological polar surface area (TPSA) is 66.5 Å². The van der Waals surface area contributed by atoms with E-state index in [-0.39, 0.29) is 11.8 Å². The molecule has 2 aromatic rings. The molecule has 4 rings (SSSR count). The van der Waals surface area contributed by atoms with Crippen LogP contribution >= 0.6 is 11.3 Å². The fourth-order valence-electron chi connectivity index (χ4n) is 3.55. The van der Waals surface area contributed by atoms with Gasteiger partial charge in [0.2, 0.25) is 5.91 Å². The average molecular weight is 387 g/mol. The Balaban J connectivity index is 1.38. The number of amides is 1. The van der Waals surface area contributed by atoms with Crippen LogP contribution in [0.1, 0.15) is 19.3 Å². The van der Waals surface area contributed by atoms with Crippen LogP contribution in [0.3, 0.4) is 0 Å². The van der Waals surface area contributed by atoms with Gasteiger partial charge in [0.25, 0.3) is 0 Å². The number of thiazole rings is 1. The molecule has 3 heterocycles. The summed E-state index contributed by atoms with van der Waals surface area (Å²) < 4.78 is 5.41. The minimum absolute atomic E-state index is 0.106. The van der Waals surface area contributed by atoms with Crippen molar-refractivity contribution in [3.05, 3.63) is 29.6 Å². The molecular weight excluding hydrogens is 360 g/mol. The van der Waals surface area contributed by atoms with Crippen LogP contribution < -0.4 is 15.5 Å². The van der Waals surface area contributed by atoms with Crippen molar-refractivity contribution in [2.24, 2.45) is 5.92 Å². The van der Waals surface area contributed by atoms with E-state index in [1.165, 1.54) is 0 Å². The van der Waals surface area contributed by atoms with E-state index in [9.17, 15) is 4.79 Å². The third-order valence-corrected chi connectivity index (χ3v) is 6.07. The first-order valence-corrected chi connectivity index (χ1v) is 10.6. The summed E-state index contributed by atoms with van der Waals surface area (Å²) >= 11 is 1.67. The number of morpholine rings is 1. The lowest BCUT2D eigenvalue weighted by atomic mass is 9.99. The van der Waals surface area contributed by atoms with Crippen LogP contribution in [0, 0.1) is 5.92 Å². The van der Waals surface area contributed by atoms with Gasteiger partial charge >= 0.3 is 0 Å². The molecule has 1 amide bonds. The van der Waals surface area contributed by atoms with Crippen LogP contribution in [-0.2, 0) is 9.53 Å². The highest BCUT2D eigenvalue weighted by atomic mass is 32.1. The molecule has 144 valence electrons. The molecule has 0 aliphatic carbocycles. The van der Waals surface area contributed by atoms with E-state index in [0.29, 0.717) is 0 Å². The molecule has 1 atom stereocenters. The molecule has 2 fully saturated rings. The van der Waals surface area contributed by atoms with Crippen LogP contribution in [0.5, 0.6) is 0 Å². The minimum atomic E-state index is 0.106. The van der Waals surface area contributed by atoms with Gasteiger partial charge in [0, 0.05) is 35.6 Å². The van der Waals surface area contributed by atoms with Crippen LogP contribution in [-0.4, -0.2) is 50.3 Å². The molecule has 0 spiro atoms. The molecule has 0 saturated carbocycles. The zero-order chi connectivity index (χ0) is 18.5. The molecule has 0 bridgehead atoms. The second-order valence-electron chi connectivity index (χ2n) is 7.06. The van der Waals surface area contributed by atoms with Gasteiger partial charge in [-0.15, -0.1) is 11.3 Å². The van der Waals surface area contributed by atoms with E-state index in [4.69, 9.17) is 9.72 Å². The average Bonchev–Trinajstić information content (AvgIpc) is 3.04. The second kappa shape index (κ2) is 8.82. The number of ether oxygens (including phenoxy) is 1. The zero-order valence-corrected chi connectivity index (χ0v) is 16.3. The summed E-state index contributed by atoms with van der Waals surface area (Å²) in [5, 5.41) is 9.56. The molecule has 2 N–H and O–H groups in total. The van der Waals surface area contributed by atoms with Crippen LogP contribution in [0.25, 0.3) is 11.3 Å². The number of nitrogens with zero attached hydrogens (tertiary/aromatic N) is 2. The summed E-state index contributed by atoms with van der Waals surface area (Å²) in [6.45, 7) is 5.26. The molecule has 1 aromatic heterocycles. The van der Waals surface area contributed by atoms with Crippen molar-refractivity contribution in [1.82, 2.24) is 10.3 Å². The lowest BCUT2D eigenvalue weighted by Crippen LogP contribution is -2.36. The first kappa shape index (κ1) is 18.4. The summed E-state index contributed by atoms with van der Waals surface area (Å²) in [4.78, 5) is 19.5. The summed E-state index contributed by atoms with van der Waals surface area (Å²) in [5.74, 6) is 0.240. The maximum atomic E-state index is 12.5. The Kier molecular flexibility index (Phi) is 6.01. The normalized spacial score (nSPS) is 20.9. The summed E-state index contributed by atoms with van der Waals surface area (Å²) in [5.41, 5.74) is 2.90. The fraction of sp³-hybridized carbons (Fsp3) is 0.500. The number of hydrogen-bond donors (Lipinski definition) is 2. The molecule has 2 aliphatic heterocycles. The highest BCUT2D eigenvalue weighted by Gasteiger charge is 2.20. The predicted molar refractivity (Wildman–Crippen MR) is 109 cm³/mol. The molecule has 1 unspecified atom stereocenters. The van der Waals surface area contributed by atoms with Gasteiger partial charge in [-0.1, -0.05) is 12.1 Å². The number of carbonyl (C=O) groups is 1. The van der Waals surface area contributed by atoms with E-state index < -0.39 is 0 Å². The molecule has 0 radical (unpaired) electrons. The van der Waals surface area contributed by atoms with Gasteiger partial charge in [0.05, 0.1) is 18.9 Å². The highest BCUT2D eigenvalue weighted by Crippen LogP contribution is 2.29. The van der Waals surface area contributed by atoms with Gasteiger partial charge in [-0.05, 0) is 44.5 Å². The molecule has 6 nitrogen and oxygen atoms in total. The number of carbonyl (C=O) groups excluding carboxylic acids is 1. The summed E-state index contributed by atoms with van der Waals surface area (Å²) in [6, 6.07) is 8.00. The Morgan fingerprint density at radius 2 is 2.00 bits per heavy atom.